The maximum atomic E-state index is 12.4. The third kappa shape index (κ3) is 5.33. The van der Waals surface area contributed by atoms with Crippen LogP contribution < -0.4 is 10.0 Å². The summed E-state index contributed by atoms with van der Waals surface area (Å²) >= 11 is 17.6. The smallest absolute Gasteiger partial charge is 0.242 e. The molecule has 0 spiro atoms. The standard InChI is InChI=1S/C16H15Cl3N2O3S/c1-2-14(16(22)20-15-8-5-11(18)9-13(15)19)21-25(23,24)12-6-3-10(17)4-7-12/h3-9,14,21H,2H2,1H3,(H,20,22). The lowest BCUT2D eigenvalue weighted by Crippen LogP contribution is -2.43. The van der Waals surface area contributed by atoms with Gasteiger partial charge in [0.25, 0.3) is 0 Å². The average molecular weight is 422 g/mol. The van der Waals surface area contributed by atoms with Crippen molar-refractivity contribution in [1.29, 1.82) is 0 Å². The molecule has 0 heterocycles. The molecule has 134 valence electrons. The minimum atomic E-state index is -3.87. The Balaban J connectivity index is 2.15. The molecule has 1 atom stereocenters. The van der Waals surface area contributed by atoms with E-state index in [0.717, 1.165) is 0 Å². The van der Waals surface area contributed by atoms with E-state index in [9.17, 15) is 13.2 Å². The predicted molar refractivity (Wildman–Crippen MR) is 101 cm³/mol. The molecule has 9 heteroatoms. The van der Waals surface area contributed by atoms with Crippen molar-refractivity contribution in [2.45, 2.75) is 24.3 Å². The second-order valence-corrected chi connectivity index (χ2v) is 8.14. The Morgan fingerprint density at radius 3 is 2.20 bits per heavy atom. The highest BCUT2D eigenvalue weighted by Gasteiger charge is 2.24. The quantitative estimate of drug-likeness (QED) is 0.728. The van der Waals surface area contributed by atoms with E-state index in [2.05, 4.69) is 10.0 Å². The van der Waals surface area contributed by atoms with Crippen molar-refractivity contribution in [3.63, 3.8) is 0 Å². The van der Waals surface area contributed by atoms with Crippen molar-refractivity contribution >= 4 is 56.4 Å². The fourth-order valence-corrected chi connectivity index (χ4v) is 3.86. The van der Waals surface area contributed by atoms with E-state index in [4.69, 9.17) is 34.8 Å². The van der Waals surface area contributed by atoms with E-state index in [1.165, 1.54) is 30.3 Å². The van der Waals surface area contributed by atoms with Gasteiger partial charge in [-0.05, 0) is 48.9 Å². The molecule has 2 aromatic carbocycles. The van der Waals surface area contributed by atoms with Crippen LogP contribution in [0.1, 0.15) is 13.3 Å². The van der Waals surface area contributed by atoms with Gasteiger partial charge < -0.3 is 5.32 Å². The Morgan fingerprint density at radius 1 is 1.04 bits per heavy atom. The Hall–Kier alpha value is -1.31. The molecule has 25 heavy (non-hydrogen) atoms. The number of halogens is 3. The summed E-state index contributed by atoms with van der Waals surface area (Å²) in [5.74, 6) is -0.524. The third-order valence-corrected chi connectivity index (χ3v) is 5.62. The van der Waals surface area contributed by atoms with E-state index in [-0.39, 0.29) is 16.3 Å². The molecular weight excluding hydrogens is 407 g/mol. The van der Waals surface area contributed by atoms with Gasteiger partial charge in [-0.15, -0.1) is 0 Å². The zero-order valence-electron chi connectivity index (χ0n) is 13.1. The van der Waals surface area contributed by atoms with Crippen LogP contribution in [0.4, 0.5) is 5.69 Å². The lowest BCUT2D eigenvalue weighted by molar-refractivity contribution is -0.117. The second kappa shape index (κ2) is 8.38. The molecule has 2 aromatic rings. The first kappa shape index (κ1) is 20.0. The van der Waals surface area contributed by atoms with Gasteiger partial charge in [0.05, 0.1) is 15.6 Å². The van der Waals surface area contributed by atoms with Crippen molar-refractivity contribution in [2.75, 3.05) is 5.32 Å². The monoisotopic (exact) mass is 420 g/mol. The molecule has 1 unspecified atom stereocenters. The van der Waals surface area contributed by atoms with Gasteiger partial charge in [-0.2, -0.15) is 4.72 Å². The summed E-state index contributed by atoms with van der Waals surface area (Å²) in [4.78, 5) is 12.4. The van der Waals surface area contributed by atoms with Crippen LogP contribution in [-0.2, 0) is 14.8 Å². The van der Waals surface area contributed by atoms with Crippen LogP contribution in [0.15, 0.2) is 47.4 Å². The summed E-state index contributed by atoms with van der Waals surface area (Å²) in [5.41, 5.74) is 0.347. The number of benzene rings is 2. The molecular formula is C16H15Cl3N2O3S. The van der Waals surface area contributed by atoms with Crippen molar-refractivity contribution in [3.8, 4) is 0 Å². The van der Waals surface area contributed by atoms with Gasteiger partial charge >= 0.3 is 0 Å². The third-order valence-electron chi connectivity index (χ3n) is 3.34. The highest BCUT2D eigenvalue weighted by Crippen LogP contribution is 2.25. The van der Waals surface area contributed by atoms with Crippen LogP contribution in [-0.4, -0.2) is 20.4 Å². The summed E-state index contributed by atoms with van der Waals surface area (Å²) < 4.78 is 27.2. The Kier molecular flexibility index (Phi) is 6.71. The minimum absolute atomic E-state index is 0.0210. The van der Waals surface area contributed by atoms with Gasteiger partial charge in [0, 0.05) is 10.0 Å². The van der Waals surface area contributed by atoms with Gasteiger partial charge in [0.1, 0.15) is 6.04 Å². The molecule has 0 bridgehead atoms. The average Bonchev–Trinajstić information content (AvgIpc) is 2.55. The summed E-state index contributed by atoms with van der Waals surface area (Å²) in [7, 11) is -3.87. The lowest BCUT2D eigenvalue weighted by atomic mass is 10.2. The molecule has 0 radical (unpaired) electrons. The first-order valence-electron chi connectivity index (χ1n) is 7.26. The second-order valence-electron chi connectivity index (χ2n) is 5.15. The molecule has 1 amide bonds. The SMILES string of the molecule is CCC(NS(=O)(=O)c1ccc(Cl)cc1)C(=O)Nc1ccc(Cl)cc1Cl. The number of nitrogens with one attached hydrogen (secondary N) is 2. The number of hydrogen-bond acceptors (Lipinski definition) is 3. The summed E-state index contributed by atoms with van der Waals surface area (Å²) in [6, 6.07) is 9.29. The molecule has 0 aromatic heterocycles. The molecule has 0 saturated carbocycles. The van der Waals surface area contributed by atoms with Gasteiger partial charge in [-0.25, -0.2) is 8.42 Å². The van der Waals surface area contributed by atoms with Crippen LogP contribution >= 0.6 is 34.8 Å². The number of rotatable bonds is 6. The molecule has 2 rings (SSSR count). The molecule has 5 nitrogen and oxygen atoms in total. The molecule has 0 fully saturated rings. The summed E-state index contributed by atoms with van der Waals surface area (Å²) in [6.45, 7) is 1.69. The first-order chi connectivity index (χ1) is 11.7. The summed E-state index contributed by atoms with van der Waals surface area (Å²) in [5, 5.41) is 3.70. The van der Waals surface area contributed by atoms with E-state index in [1.54, 1.807) is 19.1 Å². The number of carbonyl (C=O) groups is 1. The molecule has 2 N–H and O–H groups in total. The topological polar surface area (TPSA) is 75.3 Å². The lowest BCUT2D eigenvalue weighted by Gasteiger charge is -2.17. The van der Waals surface area contributed by atoms with Crippen molar-refractivity contribution in [2.24, 2.45) is 0 Å². The number of carbonyl (C=O) groups excluding carboxylic acids is 1. The van der Waals surface area contributed by atoms with E-state index < -0.39 is 22.0 Å². The zero-order chi connectivity index (χ0) is 18.6. The maximum absolute atomic E-state index is 12.4. The van der Waals surface area contributed by atoms with Gasteiger partial charge in [-0.3, -0.25) is 4.79 Å². The normalized spacial score (nSPS) is 12.6. The molecule has 0 aliphatic carbocycles. The van der Waals surface area contributed by atoms with E-state index >= 15 is 0 Å². The fourth-order valence-electron chi connectivity index (χ4n) is 2.00. The van der Waals surface area contributed by atoms with Gasteiger partial charge in [0.15, 0.2) is 0 Å². The van der Waals surface area contributed by atoms with E-state index in [0.29, 0.717) is 15.7 Å². The van der Waals surface area contributed by atoms with Crippen LogP contribution in [0.5, 0.6) is 0 Å². The maximum Gasteiger partial charge on any atom is 0.242 e. The largest absolute Gasteiger partial charge is 0.323 e. The molecule has 0 aliphatic heterocycles. The Labute approximate surface area is 161 Å². The first-order valence-corrected chi connectivity index (χ1v) is 9.88. The number of sulfonamides is 1. The van der Waals surface area contributed by atoms with E-state index in [1.807, 2.05) is 0 Å². The van der Waals surface area contributed by atoms with Crippen LogP contribution in [0.2, 0.25) is 15.1 Å². The van der Waals surface area contributed by atoms with Crippen LogP contribution in [0, 0.1) is 0 Å². The van der Waals surface area contributed by atoms with Crippen molar-refractivity contribution in [3.05, 3.63) is 57.5 Å². The van der Waals surface area contributed by atoms with Crippen molar-refractivity contribution in [1.82, 2.24) is 4.72 Å². The van der Waals surface area contributed by atoms with Gasteiger partial charge in [0.2, 0.25) is 15.9 Å². The number of amides is 1. The number of hydrogen-bond donors (Lipinski definition) is 2. The van der Waals surface area contributed by atoms with Crippen LogP contribution in [0.3, 0.4) is 0 Å². The zero-order valence-corrected chi connectivity index (χ0v) is 16.2. The highest BCUT2D eigenvalue weighted by molar-refractivity contribution is 7.89. The fraction of sp³-hybridized carbons (Fsp3) is 0.188. The summed E-state index contributed by atoms with van der Waals surface area (Å²) in [6.07, 6.45) is 0.254. The number of anilines is 1. The highest BCUT2D eigenvalue weighted by atomic mass is 35.5. The minimum Gasteiger partial charge on any atom is -0.323 e. The predicted octanol–water partition coefficient (Wildman–Crippen LogP) is 4.34. The Bertz CT molecular complexity index is 871. The van der Waals surface area contributed by atoms with Crippen LogP contribution in [0.25, 0.3) is 0 Å². The Morgan fingerprint density at radius 2 is 1.64 bits per heavy atom. The molecule has 0 saturated heterocycles. The van der Waals surface area contributed by atoms with Crippen molar-refractivity contribution < 1.29 is 13.2 Å². The molecule has 0 aliphatic rings. The van der Waals surface area contributed by atoms with Gasteiger partial charge in [-0.1, -0.05) is 41.7 Å².